The third-order valence-corrected chi connectivity index (χ3v) is 2.65. The van der Waals surface area contributed by atoms with Crippen molar-refractivity contribution in [2.24, 2.45) is 0 Å². The molecule has 76 valence electrons. The van der Waals surface area contributed by atoms with Gasteiger partial charge in [0, 0.05) is 29.6 Å². The van der Waals surface area contributed by atoms with Crippen molar-refractivity contribution in [3.63, 3.8) is 0 Å². The molecule has 4 heteroatoms. The Morgan fingerprint density at radius 2 is 2.21 bits per heavy atom. The van der Waals surface area contributed by atoms with E-state index in [1.165, 1.54) is 0 Å². The van der Waals surface area contributed by atoms with Gasteiger partial charge < -0.3 is 9.47 Å². The molecule has 14 heavy (non-hydrogen) atoms. The van der Waals surface area contributed by atoms with E-state index in [4.69, 9.17) is 9.47 Å². The second-order valence-electron chi connectivity index (χ2n) is 3.24. The van der Waals surface area contributed by atoms with Crippen LogP contribution in [0.1, 0.15) is 12.8 Å². The van der Waals surface area contributed by atoms with Crippen LogP contribution in [0.5, 0.6) is 5.88 Å². The van der Waals surface area contributed by atoms with Crippen LogP contribution >= 0.6 is 15.9 Å². The molecule has 0 N–H and O–H groups in total. The predicted molar refractivity (Wildman–Crippen MR) is 56.4 cm³/mol. The Kier molecular flexibility index (Phi) is 3.37. The zero-order chi connectivity index (χ0) is 9.80. The fourth-order valence-electron chi connectivity index (χ4n) is 1.41. The monoisotopic (exact) mass is 257 g/mol. The lowest BCUT2D eigenvalue weighted by Gasteiger charge is -2.22. The maximum atomic E-state index is 5.72. The summed E-state index contributed by atoms with van der Waals surface area (Å²) >= 11 is 3.38. The van der Waals surface area contributed by atoms with Crippen molar-refractivity contribution < 1.29 is 9.47 Å². The molecular weight excluding hydrogens is 246 g/mol. The zero-order valence-corrected chi connectivity index (χ0v) is 9.37. The summed E-state index contributed by atoms with van der Waals surface area (Å²) in [6.45, 7) is 1.58. The van der Waals surface area contributed by atoms with Gasteiger partial charge in [-0.2, -0.15) is 0 Å². The Balaban J connectivity index is 1.95. The van der Waals surface area contributed by atoms with E-state index in [-0.39, 0.29) is 6.10 Å². The van der Waals surface area contributed by atoms with Crippen LogP contribution in [0.4, 0.5) is 0 Å². The molecule has 2 heterocycles. The highest BCUT2D eigenvalue weighted by atomic mass is 79.9. The summed E-state index contributed by atoms with van der Waals surface area (Å²) in [6.07, 6.45) is 3.90. The molecule has 1 aromatic rings. The molecule has 2 rings (SSSR count). The molecular formula is C10H12BrNO2. The molecule has 3 nitrogen and oxygen atoms in total. The van der Waals surface area contributed by atoms with Gasteiger partial charge in [-0.3, -0.25) is 0 Å². The minimum atomic E-state index is 0.255. The minimum Gasteiger partial charge on any atom is -0.474 e. The largest absolute Gasteiger partial charge is 0.474 e. The number of halogens is 1. The summed E-state index contributed by atoms with van der Waals surface area (Å²) in [7, 11) is 0. The van der Waals surface area contributed by atoms with Gasteiger partial charge in [0.2, 0.25) is 5.88 Å². The second kappa shape index (κ2) is 4.75. The molecule has 1 aliphatic heterocycles. The van der Waals surface area contributed by atoms with E-state index in [1.54, 1.807) is 6.20 Å². The Hall–Kier alpha value is -0.610. The molecule has 0 spiro atoms. The molecule has 1 fully saturated rings. The molecule has 0 aromatic carbocycles. The molecule has 0 aliphatic carbocycles. The van der Waals surface area contributed by atoms with Crippen LogP contribution in [0.2, 0.25) is 0 Å². The highest BCUT2D eigenvalue weighted by Gasteiger charge is 2.15. The Labute approximate surface area is 91.6 Å². The van der Waals surface area contributed by atoms with Crippen LogP contribution in [0.3, 0.4) is 0 Å². The first kappa shape index (κ1) is 9.93. The zero-order valence-electron chi connectivity index (χ0n) is 7.78. The summed E-state index contributed by atoms with van der Waals surface area (Å²) in [6, 6.07) is 3.77. The number of nitrogens with zero attached hydrogens (tertiary/aromatic N) is 1. The number of hydrogen-bond acceptors (Lipinski definition) is 3. The van der Waals surface area contributed by atoms with Crippen LogP contribution in [-0.2, 0) is 4.74 Å². The first-order valence-corrected chi connectivity index (χ1v) is 5.50. The van der Waals surface area contributed by atoms with Crippen molar-refractivity contribution in [1.82, 2.24) is 4.98 Å². The lowest BCUT2D eigenvalue weighted by Crippen LogP contribution is -2.26. The van der Waals surface area contributed by atoms with Gasteiger partial charge >= 0.3 is 0 Å². The maximum Gasteiger partial charge on any atom is 0.214 e. The quantitative estimate of drug-likeness (QED) is 0.816. The molecule has 0 bridgehead atoms. The lowest BCUT2D eigenvalue weighted by molar-refractivity contribution is 0.0237. The average Bonchev–Trinajstić information content (AvgIpc) is 2.19. The van der Waals surface area contributed by atoms with Crippen molar-refractivity contribution in [1.29, 1.82) is 0 Å². The van der Waals surface area contributed by atoms with Crippen molar-refractivity contribution in [3.8, 4) is 5.88 Å². The molecule has 0 radical (unpaired) electrons. The summed E-state index contributed by atoms with van der Waals surface area (Å²) in [5.41, 5.74) is 0. The van der Waals surface area contributed by atoms with Gasteiger partial charge in [0.1, 0.15) is 6.10 Å². The summed E-state index contributed by atoms with van der Waals surface area (Å²) in [5, 5.41) is 0. The average molecular weight is 258 g/mol. The van der Waals surface area contributed by atoms with E-state index >= 15 is 0 Å². The van der Waals surface area contributed by atoms with Gasteiger partial charge in [0.25, 0.3) is 0 Å². The lowest BCUT2D eigenvalue weighted by atomic mass is 10.2. The van der Waals surface area contributed by atoms with E-state index in [0.29, 0.717) is 5.88 Å². The van der Waals surface area contributed by atoms with E-state index < -0.39 is 0 Å². The third-order valence-electron chi connectivity index (χ3n) is 2.15. The highest BCUT2D eigenvalue weighted by molar-refractivity contribution is 9.10. The predicted octanol–water partition coefficient (Wildman–Crippen LogP) is 2.40. The van der Waals surface area contributed by atoms with E-state index in [0.717, 1.165) is 30.5 Å². The van der Waals surface area contributed by atoms with Crippen molar-refractivity contribution in [2.75, 3.05) is 13.2 Å². The Bertz CT molecular complexity index is 300. The summed E-state index contributed by atoms with van der Waals surface area (Å²) in [5.74, 6) is 0.686. The van der Waals surface area contributed by atoms with Crippen LogP contribution in [-0.4, -0.2) is 24.3 Å². The van der Waals surface area contributed by atoms with Crippen LogP contribution in [0.15, 0.2) is 22.8 Å². The first-order chi connectivity index (χ1) is 6.84. The fraction of sp³-hybridized carbons (Fsp3) is 0.500. The number of pyridine rings is 1. The van der Waals surface area contributed by atoms with Gasteiger partial charge in [0.15, 0.2) is 0 Å². The Morgan fingerprint density at radius 1 is 1.43 bits per heavy atom. The molecule has 1 saturated heterocycles. The number of ether oxygens (including phenoxy) is 2. The number of rotatable bonds is 2. The van der Waals surface area contributed by atoms with Crippen LogP contribution < -0.4 is 4.74 Å². The fourth-order valence-corrected chi connectivity index (χ4v) is 1.73. The minimum absolute atomic E-state index is 0.255. The third kappa shape index (κ3) is 2.69. The van der Waals surface area contributed by atoms with Crippen LogP contribution in [0, 0.1) is 0 Å². The summed E-state index contributed by atoms with van der Waals surface area (Å²) < 4.78 is 12.0. The van der Waals surface area contributed by atoms with Gasteiger partial charge in [-0.1, -0.05) is 15.9 Å². The van der Waals surface area contributed by atoms with Gasteiger partial charge in [0.05, 0.1) is 13.2 Å². The first-order valence-electron chi connectivity index (χ1n) is 4.70. The van der Waals surface area contributed by atoms with Crippen LogP contribution in [0.25, 0.3) is 0 Å². The molecule has 0 saturated carbocycles. The van der Waals surface area contributed by atoms with Crippen molar-refractivity contribution in [2.45, 2.75) is 18.9 Å². The second-order valence-corrected chi connectivity index (χ2v) is 4.16. The van der Waals surface area contributed by atoms with Gasteiger partial charge in [-0.25, -0.2) is 4.98 Å². The van der Waals surface area contributed by atoms with E-state index in [2.05, 4.69) is 20.9 Å². The van der Waals surface area contributed by atoms with Crippen molar-refractivity contribution >= 4 is 15.9 Å². The molecule has 1 aromatic heterocycles. The summed E-state index contributed by atoms with van der Waals surface area (Å²) in [4.78, 5) is 4.14. The maximum absolute atomic E-state index is 5.72. The highest BCUT2D eigenvalue weighted by Crippen LogP contribution is 2.18. The normalized spacial score (nSPS) is 18.1. The Morgan fingerprint density at radius 3 is 2.93 bits per heavy atom. The number of hydrogen-bond donors (Lipinski definition) is 0. The molecule has 0 atom stereocenters. The standard InChI is InChI=1S/C10H12BrNO2/c11-8-1-4-12-10(7-8)14-9-2-5-13-6-3-9/h1,4,7,9H,2-3,5-6H2. The van der Waals surface area contributed by atoms with Crippen molar-refractivity contribution in [3.05, 3.63) is 22.8 Å². The topological polar surface area (TPSA) is 31.4 Å². The van der Waals surface area contributed by atoms with Gasteiger partial charge in [-0.05, 0) is 6.07 Å². The smallest absolute Gasteiger partial charge is 0.214 e. The number of aromatic nitrogens is 1. The molecule has 0 amide bonds. The van der Waals surface area contributed by atoms with E-state index in [9.17, 15) is 0 Å². The molecule has 1 aliphatic rings. The van der Waals surface area contributed by atoms with Gasteiger partial charge in [-0.15, -0.1) is 0 Å². The SMILES string of the molecule is Brc1ccnc(OC2CCOCC2)c1. The molecule has 0 unspecified atom stereocenters. The van der Waals surface area contributed by atoms with E-state index in [1.807, 2.05) is 12.1 Å².